The van der Waals surface area contributed by atoms with Crippen molar-refractivity contribution in [2.45, 2.75) is 20.3 Å². The van der Waals surface area contributed by atoms with Crippen LogP contribution >= 0.6 is 11.3 Å². The van der Waals surface area contributed by atoms with Crippen molar-refractivity contribution in [2.24, 2.45) is 5.92 Å². The topological polar surface area (TPSA) is 89.5 Å². The summed E-state index contributed by atoms with van der Waals surface area (Å²) < 4.78 is 27.7. The first kappa shape index (κ1) is 16.0. The summed E-state index contributed by atoms with van der Waals surface area (Å²) in [6, 6.07) is 1.69. The predicted octanol–water partition coefficient (Wildman–Crippen LogP) is 1.61. The summed E-state index contributed by atoms with van der Waals surface area (Å²) in [5.41, 5.74) is 0.729. The number of anilines is 1. The quantitative estimate of drug-likeness (QED) is 0.847. The van der Waals surface area contributed by atoms with Crippen LogP contribution in [0, 0.1) is 12.8 Å². The van der Waals surface area contributed by atoms with Crippen LogP contribution in [0.2, 0.25) is 0 Å². The molecular formula is C13H17NO5S2. The van der Waals surface area contributed by atoms with E-state index in [4.69, 9.17) is 4.74 Å². The molecule has 116 valence electrons. The molecule has 1 fully saturated rings. The van der Waals surface area contributed by atoms with E-state index in [9.17, 15) is 18.0 Å². The van der Waals surface area contributed by atoms with Crippen molar-refractivity contribution >= 4 is 38.1 Å². The highest BCUT2D eigenvalue weighted by molar-refractivity contribution is 7.91. The van der Waals surface area contributed by atoms with Crippen LogP contribution in [0.5, 0.6) is 0 Å². The second-order valence-electron chi connectivity index (χ2n) is 4.93. The van der Waals surface area contributed by atoms with Crippen molar-refractivity contribution in [3.8, 4) is 0 Å². The highest BCUT2D eigenvalue weighted by Gasteiger charge is 2.33. The SMILES string of the molecule is CCOC(=O)c1sc(NC(=O)[C@H]2CCS(=O)(=O)C2)cc1C. The molecule has 0 bridgehead atoms. The number of carbonyl (C=O) groups excluding carboxylic acids is 2. The summed E-state index contributed by atoms with van der Waals surface area (Å²) in [7, 11) is -3.09. The van der Waals surface area contributed by atoms with E-state index in [0.717, 1.165) is 16.9 Å². The first-order valence-corrected chi connectivity index (χ1v) is 9.25. The van der Waals surface area contributed by atoms with Crippen molar-refractivity contribution < 1.29 is 22.7 Å². The molecule has 2 rings (SSSR count). The van der Waals surface area contributed by atoms with Gasteiger partial charge in [-0.1, -0.05) is 0 Å². The normalized spacial score (nSPS) is 20.2. The van der Waals surface area contributed by atoms with Crippen LogP contribution in [0.15, 0.2) is 6.07 Å². The van der Waals surface area contributed by atoms with Gasteiger partial charge < -0.3 is 10.1 Å². The Morgan fingerprint density at radius 3 is 2.76 bits per heavy atom. The molecule has 1 aliphatic heterocycles. The van der Waals surface area contributed by atoms with Crippen LogP contribution in [-0.4, -0.2) is 38.4 Å². The van der Waals surface area contributed by atoms with Gasteiger partial charge in [-0.25, -0.2) is 13.2 Å². The Bertz CT molecular complexity index is 662. The smallest absolute Gasteiger partial charge is 0.348 e. The lowest BCUT2D eigenvalue weighted by Crippen LogP contribution is -2.23. The largest absolute Gasteiger partial charge is 0.462 e. The zero-order chi connectivity index (χ0) is 15.6. The Kier molecular flexibility index (Phi) is 4.67. The zero-order valence-electron chi connectivity index (χ0n) is 11.8. The minimum Gasteiger partial charge on any atom is -0.462 e. The Hall–Kier alpha value is -1.41. The van der Waals surface area contributed by atoms with E-state index in [1.807, 2.05) is 0 Å². The molecule has 0 radical (unpaired) electrons. The number of ether oxygens (including phenoxy) is 1. The number of hydrogen-bond acceptors (Lipinski definition) is 6. The molecule has 8 heteroatoms. The Morgan fingerprint density at radius 2 is 2.19 bits per heavy atom. The second kappa shape index (κ2) is 6.15. The van der Waals surface area contributed by atoms with E-state index in [1.54, 1.807) is 19.9 Å². The molecule has 1 aromatic heterocycles. The van der Waals surface area contributed by atoms with E-state index < -0.39 is 21.7 Å². The first-order chi connectivity index (χ1) is 9.82. The van der Waals surface area contributed by atoms with Gasteiger partial charge in [-0.3, -0.25) is 4.79 Å². The molecule has 0 spiro atoms. The van der Waals surface area contributed by atoms with Crippen LogP contribution < -0.4 is 5.32 Å². The van der Waals surface area contributed by atoms with Crippen molar-refractivity contribution in [1.29, 1.82) is 0 Å². The molecule has 0 aromatic carbocycles. The summed E-state index contributed by atoms with van der Waals surface area (Å²) in [5.74, 6) is -1.28. The number of rotatable bonds is 4. The van der Waals surface area contributed by atoms with Crippen LogP contribution in [0.4, 0.5) is 5.00 Å². The summed E-state index contributed by atoms with van der Waals surface area (Å²) in [6.07, 6.45) is 0.350. The van der Waals surface area contributed by atoms with Gasteiger partial charge in [-0.2, -0.15) is 0 Å². The van der Waals surface area contributed by atoms with Gasteiger partial charge in [0.15, 0.2) is 9.84 Å². The number of hydrogen-bond donors (Lipinski definition) is 1. The molecule has 1 amide bonds. The molecular weight excluding hydrogens is 314 g/mol. The molecule has 1 aromatic rings. The fraction of sp³-hybridized carbons (Fsp3) is 0.538. The highest BCUT2D eigenvalue weighted by atomic mass is 32.2. The van der Waals surface area contributed by atoms with Gasteiger partial charge in [0.05, 0.1) is 29.0 Å². The fourth-order valence-corrected chi connectivity index (χ4v) is 4.88. The van der Waals surface area contributed by atoms with E-state index >= 15 is 0 Å². The maximum absolute atomic E-state index is 12.0. The predicted molar refractivity (Wildman–Crippen MR) is 80.4 cm³/mol. The number of amides is 1. The molecule has 0 saturated carbocycles. The third-order valence-electron chi connectivity index (χ3n) is 3.23. The minimum absolute atomic E-state index is 0.0582. The van der Waals surface area contributed by atoms with Crippen molar-refractivity contribution in [2.75, 3.05) is 23.4 Å². The summed E-state index contributed by atoms with van der Waals surface area (Å²) in [5, 5.41) is 3.22. The Morgan fingerprint density at radius 1 is 1.48 bits per heavy atom. The van der Waals surface area contributed by atoms with E-state index in [0.29, 0.717) is 16.3 Å². The summed E-state index contributed by atoms with van der Waals surface area (Å²) in [4.78, 5) is 24.2. The lowest BCUT2D eigenvalue weighted by Gasteiger charge is -2.07. The van der Waals surface area contributed by atoms with Gasteiger partial charge in [-0.15, -0.1) is 11.3 Å². The molecule has 0 unspecified atom stereocenters. The van der Waals surface area contributed by atoms with Gasteiger partial charge in [-0.05, 0) is 31.9 Å². The zero-order valence-corrected chi connectivity index (χ0v) is 13.5. The van der Waals surface area contributed by atoms with E-state index in [2.05, 4.69) is 5.32 Å². The monoisotopic (exact) mass is 331 g/mol. The molecule has 2 heterocycles. The third-order valence-corrected chi connectivity index (χ3v) is 6.13. The average Bonchev–Trinajstić information content (AvgIpc) is 2.92. The van der Waals surface area contributed by atoms with Gasteiger partial charge in [0.2, 0.25) is 5.91 Å². The van der Waals surface area contributed by atoms with Crippen molar-refractivity contribution in [3.63, 3.8) is 0 Å². The summed E-state index contributed by atoms with van der Waals surface area (Å²) >= 11 is 1.14. The minimum atomic E-state index is -3.09. The Balaban J connectivity index is 2.05. The van der Waals surface area contributed by atoms with Crippen LogP contribution in [-0.2, 0) is 19.4 Å². The second-order valence-corrected chi connectivity index (χ2v) is 8.21. The maximum Gasteiger partial charge on any atom is 0.348 e. The Labute approximate surface area is 127 Å². The first-order valence-electron chi connectivity index (χ1n) is 6.61. The maximum atomic E-state index is 12.0. The number of nitrogens with one attached hydrogen (secondary N) is 1. The molecule has 1 atom stereocenters. The van der Waals surface area contributed by atoms with Crippen LogP contribution in [0.1, 0.15) is 28.6 Å². The molecule has 6 nitrogen and oxygen atoms in total. The summed E-state index contributed by atoms with van der Waals surface area (Å²) in [6.45, 7) is 3.78. The lowest BCUT2D eigenvalue weighted by atomic mass is 10.1. The number of esters is 1. The van der Waals surface area contributed by atoms with E-state index in [-0.39, 0.29) is 24.0 Å². The third kappa shape index (κ3) is 3.82. The molecule has 1 N–H and O–H groups in total. The fourth-order valence-electron chi connectivity index (χ4n) is 2.17. The standard InChI is InChI=1S/C13H17NO5S2/c1-3-19-13(16)11-8(2)6-10(20-11)14-12(15)9-4-5-21(17,18)7-9/h6,9H,3-5,7H2,1-2H3,(H,14,15)/t9-/m0/s1. The van der Waals surface area contributed by atoms with Crippen LogP contribution in [0.25, 0.3) is 0 Å². The number of carbonyl (C=O) groups is 2. The van der Waals surface area contributed by atoms with Crippen molar-refractivity contribution in [1.82, 2.24) is 0 Å². The average molecular weight is 331 g/mol. The van der Waals surface area contributed by atoms with Crippen molar-refractivity contribution in [3.05, 3.63) is 16.5 Å². The van der Waals surface area contributed by atoms with Gasteiger partial charge >= 0.3 is 5.97 Å². The molecule has 1 saturated heterocycles. The van der Waals surface area contributed by atoms with Crippen LogP contribution in [0.3, 0.4) is 0 Å². The van der Waals surface area contributed by atoms with E-state index in [1.165, 1.54) is 0 Å². The van der Waals surface area contributed by atoms with Gasteiger partial charge in [0, 0.05) is 0 Å². The highest BCUT2D eigenvalue weighted by Crippen LogP contribution is 2.29. The number of sulfone groups is 1. The number of aryl methyl sites for hydroxylation is 1. The molecule has 0 aliphatic carbocycles. The van der Waals surface area contributed by atoms with Gasteiger partial charge in [0.1, 0.15) is 4.88 Å². The number of thiophene rings is 1. The van der Waals surface area contributed by atoms with Gasteiger partial charge in [0.25, 0.3) is 0 Å². The molecule has 21 heavy (non-hydrogen) atoms. The molecule has 1 aliphatic rings. The lowest BCUT2D eigenvalue weighted by molar-refractivity contribution is -0.119.